The van der Waals surface area contributed by atoms with Crippen molar-refractivity contribution in [1.29, 1.82) is 0 Å². The van der Waals surface area contributed by atoms with E-state index in [-0.39, 0.29) is 5.84 Å². The Bertz CT molecular complexity index is 488. The molecule has 0 unspecified atom stereocenters. The molecule has 1 aromatic carbocycles. The molecule has 3 N–H and O–H groups in total. The number of oxime groups is 1. The van der Waals surface area contributed by atoms with Crippen molar-refractivity contribution in [3.8, 4) is 0 Å². The molecule has 1 aromatic rings. The summed E-state index contributed by atoms with van der Waals surface area (Å²) in [6.07, 6.45) is 1.21. The number of thioether (sulfide) groups is 1. The molecule has 0 saturated carbocycles. The lowest BCUT2D eigenvalue weighted by Gasteiger charge is -2.22. The molecule has 1 aliphatic rings. The first-order valence-electron chi connectivity index (χ1n) is 6.93. The van der Waals surface area contributed by atoms with Crippen LogP contribution in [0.1, 0.15) is 31.4 Å². The molecule has 0 aromatic heterocycles. The quantitative estimate of drug-likeness (QED) is 0.389. The van der Waals surface area contributed by atoms with Gasteiger partial charge < -0.3 is 10.9 Å². The highest BCUT2D eigenvalue weighted by atomic mass is 32.2. The van der Waals surface area contributed by atoms with Crippen molar-refractivity contribution >= 4 is 17.6 Å². The van der Waals surface area contributed by atoms with Gasteiger partial charge in [0, 0.05) is 29.2 Å². The van der Waals surface area contributed by atoms with Crippen molar-refractivity contribution in [2.24, 2.45) is 10.9 Å². The van der Waals surface area contributed by atoms with Gasteiger partial charge in [0.2, 0.25) is 0 Å². The maximum Gasteiger partial charge on any atom is 0.170 e. The molecule has 2 rings (SSSR count). The van der Waals surface area contributed by atoms with E-state index in [4.69, 9.17) is 10.9 Å². The van der Waals surface area contributed by atoms with Crippen molar-refractivity contribution in [1.82, 2.24) is 4.90 Å². The third kappa shape index (κ3) is 4.15. The Morgan fingerprint density at radius 3 is 3.00 bits per heavy atom. The zero-order chi connectivity index (χ0) is 14.6. The Morgan fingerprint density at radius 2 is 2.25 bits per heavy atom. The van der Waals surface area contributed by atoms with Gasteiger partial charge in [0.05, 0.1) is 0 Å². The van der Waals surface area contributed by atoms with Crippen molar-refractivity contribution in [3.05, 3.63) is 35.4 Å². The number of amidine groups is 1. The van der Waals surface area contributed by atoms with Crippen LogP contribution >= 0.6 is 11.8 Å². The zero-order valence-corrected chi connectivity index (χ0v) is 13.0. The molecule has 4 nitrogen and oxygen atoms in total. The van der Waals surface area contributed by atoms with Crippen LogP contribution in [-0.4, -0.2) is 39.5 Å². The normalized spacial score (nSPS) is 20.6. The first-order chi connectivity index (χ1) is 9.50. The molecule has 1 heterocycles. The number of nitrogens with two attached hydrogens (primary N) is 1. The largest absolute Gasteiger partial charge is 0.409 e. The monoisotopic (exact) mass is 293 g/mol. The average Bonchev–Trinajstić information content (AvgIpc) is 2.60. The summed E-state index contributed by atoms with van der Waals surface area (Å²) in [5, 5.41) is 11.8. The van der Waals surface area contributed by atoms with Crippen LogP contribution in [-0.2, 0) is 6.54 Å². The van der Waals surface area contributed by atoms with Gasteiger partial charge in [-0.2, -0.15) is 11.8 Å². The number of hydrogen-bond acceptors (Lipinski definition) is 4. The Hall–Kier alpha value is -1.20. The van der Waals surface area contributed by atoms with Crippen molar-refractivity contribution < 1.29 is 5.21 Å². The van der Waals surface area contributed by atoms with Gasteiger partial charge in [-0.3, -0.25) is 4.90 Å². The summed E-state index contributed by atoms with van der Waals surface area (Å²) in [5.41, 5.74) is 7.62. The van der Waals surface area contributed by atoms with Crippen LogP contribution in [0.3, 0.4) is 0 Å². The molecule has 1 saturated heterocycles. The highest BCUT2D eigenvalue weighted by Crippen LogP contribution is 2.31. The van der Waals surface area contributed by atoms with E-state index in [9.17, 15) is 0 Å². The lowest BCUT2D eigenvalue weighted by molar-refractivity contribution is 0.276. The van der Waals surface area contributed by atoms with Crippen LogP contribution < -0.4 is 5.73 Å². The fraction of sp³-hybridized carbons (Fsp3) is 0.533. The van der Waals surface area contributed by atoms with Crippen LogP contribution in [0.5, 0.6) is 0 Å². The van der Waals surface area contributed by atoms with E-state index < -0.39 is 0 Å². The summed E-state index contributed by atoms with van der Waals surface area (Å²) in [6, 6.07) is 7.91. The van der Waals surface area contributed by atoms with Gasteiger partial charge in [-0.05, 0) is 24.6 Å². The highest BCUT2D eigenvalue weighted by molar-refractivity contribution is 8.00. The summed E-state index contributed by atoms with van der Waals surface area (Å²) in [4.78, 5) is 2.48. The number of nitrogens with zero attached hydrogens (tertiary/aromatic N) is 2. The lowest BCUT2D eigenvalue weighted by Crippen LogP contribution is -2.27. The van der Waals surface area contributed by atoms with Crippen LogP contribution in [0.2, 0.25) is 0 Å². The molecule has 110 valence electrons. The standard InChI is InChI=1S/C15H23N3OS/c1-15(2)6-7-18(8-9-20-15)11-12-4-3-5-13(10-12)14(16)17-19/h3-5,10,19H,6-9,11H2,1-2H3,(H2,16,17). The van der Waals surface area contributed by atoms with Gasteiger partial charge in [-0.25, -0.2) is 0 Å². The summed E-state index contributed by atoms with van der Waals surface area (Å²) in [6.45, 7) is 7.79. The van der Waals surface area contributed by atoms with E-state index in [1.165, 1.54) is 17.7 Å². The summed E-state index contributed by atoms with van der Waals surface area (Å²) in [7, 11) is 0. The maximum atomic E-state index is 8.75. The summed E-state index contributed by atoms with van der Waals surface area (Å²) < 4.78 is 0.380. The second-order valence-electron chi connectivity index (χ2n) is 5.82. The van der Waals surface area contributed by atoms with Crippen LogP contribution in [0.25, 0.3) is 0 Å². The molecule has 5 heteroatoms. The molecular formula is C15H23N3OS. The van der Waals surface area contributed by atoms with Gasteiger partial charge in [-0.15, -0.1) is 0 Å². The van der Waals surface area contributed by atoms with Gasteiger partial charge in [0.1, 0.15) is 0 Å². The van der Waals surface area contributed by atoms with E-state index in [1.54, 1.807) is 0 Å². The minimum Gasteiger partial charge on any atom is -0.409 e. The fourth-order valence-electron chi connectivity index (χ4n) is 2.37. The average molecular weight is 293 g/mol. The zero-order valence-electron chi connectivity index (χ0n) is 12.2. The molecule has 0 aliphatic carbocycles. The highest BCUT2D eigenvalue weighted by Gasteiger charge is 2.23. The Kier molecular flexibility index (Phi) is 4.94. The van der Waals surface area contributed by atoms with Crippen molar-refractivity contribution in [2.75, 3.05) is 18.8 Å². The van der Waals surface area contributed by atoms with Crippen LogP contribution in [0, 0.1) is 0 Å². The predicted molar refractivity (Wildman–Crippen MR) is 85.4 cm³/mol. The Morgan fingerprint density at radius 1 is 1.45 bits per heavy atom. The topological polar surface area (TPSA) is 61.8 Å². The first kappa shape index (κ1) is 15.2. The van der Waals surface area contributed by atoms with Gasteiger partial charge in [0.15, 0.2) is 5.84 Å². The Labute approximate surface area is 125 Å². The van der Waals surface area contributed by atoms with E-state index in [1.807, 2.05) is 18.2 Å². The first-order valence-corrected chi connectivity index (χ1v) is 7.92. The van der Waals surface area contributed by atoms with Gasteiger partial charge >= 0.3 is 0 Å². The molecular weight excluding hydrogens is 270 g/mol. The SMILES string of the molecule is CC1(C)CCN(Cc2cccc(/C(N)=N/O)c2)CCS1. The smallest absolute Gasteiger partial charge is 0.170 e. The van der Waals surface area contributed by atoms with Crippen LogP contribution in [0.15, 0.2) is 29.4 Å². The fourth-order valence-corrected chi connectivity index (χ4v) is 3.50. The van der Waals surface area contributed by atoms with E-state index in [0.29, 0.717) is 4.75 Å². The van der Waals surface area contributed by atoms with Crippen LogP contribution in [0.4, 0.5) is 0 Å². The number of hydrogen-bond donors (Lipinski definition) is 2. The summed E-state index contributed by atoms with van der Waals surface area (Å²) >= 11 is 2.05. The van der Waals surface area contributed by atoms with Crippen molar-refractivity contribution in [2.45, 2.75) is 31.6 Å². The van der Waals surface area contributed by atoms with Crippen molar-refractivity contribution in [3.63, 3.8) is 0 Å². The van der Waals surface area contributed by atoms with E-state index in [2.05, 4.69) is 41.7 Å². The molecule has 0 amide bonds. The third-order valence-electron chi connectivity index (χ3n) is 3.67. The van der Waals surface area contributed by atoms with E-state index >= 15 is 0 Å². The lowest BCUT2D eigenvalue weighted by atomic mass is 10.1. The minimum atomic E-state index is 0.166. The van der Waals surface area contributed by atoms with Gasteiger partial charge in [0.25, 0.3) is 0 Å². The predicted octanol–water partition coefficient (Wildman–Crippen LogP) is 2.50. The molecule has 0 spiro atoms. The minimum absolute atomic E-state index is 0.166. The molecule has 1 aliphatic heterocycles. The second kappa shape index (κ2) is 6.50. The molecule has 0 bridgehead atoms. The van der Waals surface area contributed by atoms with E-state index in [0.717, 1.165) is 25.2 Å². The molecule has 0 radical (unpaired) electrons. The number of rotatable bonds is 3. The maximum absolute atomic E-state index is 8.75. The number of benzene rings is 1. The summed E-state index contributed by atoms with van der Waals surface area (Å²) in [5.74, 6) is 1.34. The molecule has 1 fully saturated rings. The third-order valence-corrected chi connectivity index (χ3v) is 5.04. The second-order valence-corrected chi connectivity index (χ2v) is 7.62. The molecule has 0 atom stereocenters. The Balaban J connectivity index is 2.03. The molecule has 20 heavy (non-hydrogen) atoms. The van der Waals surface area contributed by atoms with Gasteiger partial charge in [-0.1, -0.05) is 37.2 Å².